The van der Waals surface area contributed by atoms with E-state index in [-0.39, 0.29) is 28.9 Å². The van der Waals surface area contributed by atoms with Crippen molar-refractivity contribution in [3.8, 4) is 39.9 Å². The number of ether oxygens (including phenoxy) is 3. The number of Topliss-reactive ketones (excluding diaryl/α,β-unsaturated/α-hetero) is 3. The molecule has 1 aliphatic carbocycles. The molecule has 0 amide bonds. The first-order valence-electron chi connectivity index (χ1n) is 42.5. The lowest BCUT2D eigenvalue weighted by atomic mass is 9.67. The molecule has 1 N–H and O–H groups in total. The molecule has 4 atom stereocenters. The molecule has 13 heteroatoms. The Morgan fingerprint density at radius 1 is 0.538 bits per heavy atom. The summed E-state index contributed by atoms with van der Waals surface area (Å²) in [4.78, 5) is 42.9. The van der Waals surface area contributed by atoms with Gasteiger partial charge in [0.25, 0.3) is 0 Å². The zero-order chi connectivity index (χ0) is 84.0. The largest absolute Gasteiger partial charge is 0.456 e. The second-order valence-corrected chi connectivity index (χ2v) is 35.3. The number of ketones is 3. The highest BCUT2D eigenvalue weighted by molar-refractivity contribution is 7.99. The molecule has 10 aromatic carbocycles. The predicted molar refractivity (Wildman–Crippen MR) is 486 cm³/mol. The van der Waals surface area contributed by atoms with Crippen LogP contribution in [0.1, 0.15) is 245 Å². The number of rotatable bonds is 12. The van der Waals surface area contributed by atoms with Gasteiger partial charge >= 0.3 is 0 Å². The molecule has 12 aromatic rings. The number of anilines is 1. The van der Waals surface area contributed by atoms with Gasteiger partial charge in [-0.3, -0.25) is 14.4 Å². The van der Waals surface area contributed by atoms with E-state index in [9.17, 15) is 18.8 Å². The smallest absolute Gasteiger partial charge is 0.222 e. The Bertz CT molecular complexity index is 5540. The van der Waals surface area contributed by atoms with Gasteiger partial charge in [0, 0.05) is 86.7 Å². The summed E-state index contributed by atoms with van der Waals surface area (Å²) in [6.07, 6.45) is 13.7. The number of nitrogens with zero attached hydrogens (tertiary/aromatic N) is 3. The molecule has 18 rings (SSSR count). The van der Waals surface area contributed by atoms with Crippen LogP contribution in [0, 0.1) is 17.7 Å². The van der Waals surface area contributed by atoms with Crippen LogP contribution < -0.4 is 14.8 Å². The number of halogens is 2. The van der Waals surface area contributed by atoms with E-state index < -0.39 is 0 Å². The van der Waals surface area contributed by atoms with Gasteiger partial charge in [-0.25, -0.2) is 14.1 Å². The molecule has 119 heavy (non-hydrogen) atoms. The van der Waals surface area contributed by atoms with Crippen LogP contribution in [0.2, 0.25) is 5.02 Å². The van der Waals surface area contributed by atoms with Gasteiger partial charge in [-0.05, 0) is 226 Å². The molecule has 7 heterocycles. The molecule has 10 nitrogen and oxygen atoms in total. The van der Waals surface area contributed by atoms with Crippen molar-refractivity contribution in [2.75, 3.05) is 11.9 Å². The van der Waals surface area contributed by atoms with Crippen molar-refractivity contribution in [1.29, 1.82) is 0 Å². The fraction of sp³-hybridized carbons (Fsp3) is 0.311. The van der Waals surface area contributed by atoms with Crippen LogP contribution in [-0.2, 0) is 35.2 Å². The lowest BCUT2D eigenvalue weighted by Crippen LogP contribution is -2.59. The Kier molecular flexibility index (Phi) is 28.5. The summed E-state index contributed by atoms with van der Waals surface area (Å²) in [5.41, 5.74) is 21.5. The number of para-hydroxylation sites is 2. The zero-order valence-corrected chi connectivity index (χ0v) is 72.6. The number of nitrogens with one attached hydrogen (secondary N) is 1. The van der Waals surface area contributed by atoms with E-state index in [1.807, 2.05) is 103 Å². The highest BCUT2D eigenvalue weighted by Crippen LogP contribution is 2.53. The maximum Gasteiger partial charge on any atom is 0.222 e. The summed E-state index contributed by atoms with van der Waals surface area (Å²) < 4.78 is 33.2. The SMILES string of the molecule is CC(C)c1ccc(/C=C2\CCCCC2=O)cc1.CC(C)c1ccc2c(c1)C(=O)Cc1ccccc1O2.CC(C)c1ccc2c(c1)CC(=O)c1ccccc1S2.CC(C)c1ccc2c(c1)Cc1cccnc1O2.CC(C)c1nn(-c2ccc(F)cc2)cc1-c1ccc(Cl)cc1.CCC1(C(C)C)OCC(Cc2ccccc2)C2c3ccccc3NC21. The average Bonchev–Trinajstić information content (AvgIpc) is 1.60. The van der Waals surface area contributed by atoms with Gasteiger partial charge in [-0.2, -0.15) is 5.10 Å². The highest BCUT2D eigenvalue weighted by Gasteiger charge is 2.54. The van der Waals surface area contributed by atoms with E-state index in [1.54, 1.807) is 34.8 Å². The maximum atomic E-state index is 13.1. The third-order valence-corrected chi connectivity index (χ3v) is 25.1. The van der Waals surface area contributed by atoms with Crippen LogP contribution >= 0.6 is 23.4 Å². The molecule has 4 unspecified atom stereocenters. The topological polar surface area (TPSA) is 122 Å². The molecular formula is C106H112ClFN4O6S. The van der Waals surface area contributed by atoms with E-state index in [0.29, 0.717) is 82.4 Å². The number of fused-ring (bicyclic) bond motifs is 9. The maximum absolute atomic E-state index is 13.1. The molecular weight excluding hydrogens is 1510 g/mol. The fourth-order valence-electron chi connectivity index (χ4n) is 16.6. The minimum absolute atomic E-state index is 0.0864. The molecule has 2 aromatic heterocycles. The Hall–Kier alpha value is -10.8. The summed E-state index contributed by atoms with van der Waals surface area (Å²) >= 11 is 7.67. The van der Waals surface area contributed by atoms with Gasteiger partial charge in [-0.1, -0.05) is 271 Å². The Morgan fingerprint density at radius 2 is 1.14 bits per heavy atom. The van der Waals surface area contributed by atoms with Crippen molar-refractivity contribution in [2.24, 2.45) is 11.8 Å². The van der Waals surface area contributed by atoms with Gasteiger partial charge < -0.3 is 19.5 Å². The second-order valence-electron chi connectivity index (χ2n) is 33.8. The van der Waals surface area contributed by atoms with Crippen LogP contribution in [0.3, 0.4) is 0 Å². The van der Waals surface area contributed by atoms with E-state index >= 15 is 0 Å². The molecule has 1 saturated carbocycles. The number of carbonyl (C=O) groups excluding carboxylic acids is 3. The Labute approximate surface area is 713 Å². The highest BCUT2D eigenvalue weighted by atomic mass is 35.5. The third-order valence-electron chi connectivity index (χ3n) is 23.6. The Balaban J connectivity index is 0.000000124. The van der Waals surface area contributed by atoms with Crippen molar-refractivity contribution in [3.63, 3.8) is 0 Å². The first kappa shape index (κ1) is 86.1. The average molecular weight is 1620 g/mol. The standard InChI is InChI=1S/C23H29NO.C18H16ClFN2.C17H16O2.C17H16OS.C16H20O.C15H15NO/c1-4-23(16(2)3)22-21(19-12-8-9-13-20(19)24-22)18(15-25-23)14-17-10-6-5-7-11-17;1-12(2)18-17(13-3-5-14(19)6-4-13)11-22(21-18)16-9-7-15(20)8-10-16;1-11(2)12-7-8-17-14(9-12)15(18)10-13-5-3-4-6-16(13)19-17;1-11(2)12-7-8-16-13(9-12)10-15(18)14-5-3-4-6-17(14)19-16;1-12(2)14-9-7-13(8-10-14)11-15-5-3-4-6-16(15)17;1-10(2)11-5-6-14-13(8-11)9-12-4-3-7-16-15(12)17-14/h5-13,16,18,21-22,24H,4,14-15H2,1-3H3;3-12H,1-2H3;2*3-9,11H,10H2,1-2H3;7-12H,3-6H2,1-2H3;3-8,10H,9H2,1-2H3/b;;;;15-11+;. The molecule has 1 saturated heterocycles. The van der Waals surface area contributed by atoms with Crippen molar-refractivity contribution in [1.82, 2.24) is 14.8 Å². The lowest BCUT2D eigenvalue weighted by molar-refractivity contribution is -0.143. The number of carbonyl (C=O) groups is 3. The van der Waals surface area contributed by atoms with Crippen molar-refractivity contribution in [2.45, 2.75) is 205 Å². The van der Waals surface area contributed by atoms with Crippen LogP contribution in [0.25, 0.3) is 22.9 Å². The first-order chi connectivity index (χ1) is 57.4. The summed E-state index contributed by atoms with van der Waals surface area (Å²) in [6.45, 7) is 29.4. The number of hydrogen-bond acceptors (Lipinski definition) is 10. The summed E-state index contributed by atoms with van der Waals surface area (Å²) in [5, 5.41) is 9.23. The van der Waals surface area contributed by atoms with Gasteiger partial charge in [-0.15, -0.1) is 0 Å². The molecule has 2 fully saturated rings. The van der Waals surface area contributed by atoms with Gasteiger partial charge in [0.2, 0.25) is 5.88 Å². The van der Waals surface area contributed by atoms with Crippen molar-refractivity contribution in [3.05, 3.63) is 349 Å². The van der Waals surface area contributed by atoms with E-state index in [1.165, 1.54) is 67.2 Å². The molecule has 0 radical (unpaired) electrons. The number of allylic oxidation sites excluding steroid dienone is 1. The molecule has 612 valence electrons. The minimum atomic E-state index is -0.252. The Morgan fingerprint density at radius 3 is 1.84 bits per heavy atom. The molecule has 0 spiro atoms. The molecule has 6 aliphatic rings. The van der Waals surface area contributed by atoms with Crippen LogP contribution in [0.15, 0.2) is 270 Å². The zero-order valence-electron chi connectivity index (χ0n) is 71.0. The number of pyridine rings is 1. The van der Waals surface area contributed by atoms with Crippen LogP contribution in [0.4, 0.5) is 10.1 Å². The predicted octanol–water partition coefficient (Wildman–Crippen LogP) is 28.0. The van der Waals surface area contributed by atoms with Gasteiger partial charge in [0.1, 0.15) is 23.1 Å². The summed E-state index contributed by atoms with van der Waals surface area (Å²) in [7, 11) is 0. The third kappa shape index (κ3) is 20.9. The number of hydrogen-bond donors (Lipinski definition) is 1. The normalized spacial score (nSPS) is 17.4. The van der Waals surface area contributed by atoms with Crippen molar-refractivity contribution < 1.29 is 33.0 Å². The van der Waals surface area contributed by atoms with E-state index in [2.05, 4.69) is 233 Å². The van der Waals surface area contributed by atoms with Gasteiger partial charge in [0.05, 0.1) is 35.2 Å². The molecule has 5 aliphatic heterocycles. The lowest BCUT2D eigenvalue weighted by Gasteiger charge is -2.51. The quantitative estimate of drug-likeness (QED) is 0.118. The van der Waals surface area contributed by atoms with Crippen LogP contribution in [0.5, 0.6) is 23.1 Å². The molecule has 0 bridgehead atoms. The summed E-state index contributed by atoms with van der Waals surface area (Å²) in [5.74, 6) is 7.41. The first-order valence-corrected chi connectivity index (χ1v) is 43.7. The fourth-order valence-corrected chi connectivity index (χ4v) is 17.8. The van der Waals surface area contributed by atoms with Crippen LogP contribution in [-0.4, -0.2) is 50.4 Å². The van der Waals surface area contributed by atoms with Crippen molar-refractivity contribution >= 4 is 52.5 Å². The number of aromatic nitrogens is 3. The minimum Gasteiger partial charge on any atom is -0.456 e. The van der Waals surface area contributed by atoms with Gasteiger partial charge in [0.15, 0.2) is 17.3 Å². The number of benzene rings is 10. The monoisotopic (exact) mass is 1620 g/mol. The van der Waals surface area contributed by atoms with E-state index in [0.717, 1.165) is 124 Å². The van der Waals surface area contributed by atoms with E-state index in [4.69, 9.17) is 25.8 Å². The summed E-state index contributed by atoms with van der Waals surface area (Å²) in [6, 6.07) is 81.2. The second kappa shape index (κ2) is 39.4.